The van der Waals surface area contributed by atoms with E-state index in [0.29, 0.717) is 23.6 Å². The molecule has 0 aromatic heterocycles. The first-order valence-corrected chi connectivity index (χ1v) is 9.44. The molecule has 6 heteroatoms. The van der Waals surface area contributed by atoms with Gasteiger partial charge in [-0.1, -0.05) is 12.1 Å². The normalized spacial score (nSPS) is 17.0. The first-order valence-electron chi connectivity index (χ1n) is 9.44. The molecule has 0 bridgehead atoms. The van der Waals surface area contributed by atoms with Gasteiger partial charge in [0.15, 0.2) is 6.10 Å². The minimum atomic E-state index is -0.913. The van der Waals surface area contributed by atoms with Gasteiger partial charge in [0.25, 0.3) is 5.91 Å². The van der Waals surface area contributed by atoms with Gasteiger partial charge in [-0.2, -0.15) is 0 Å². The molecule has 1 heterocycles. The number of carbonyl (C=O) groups is 2. The van der Waals surface area contributed by atoms with Crippen molar-refractivity contribution in [2.45, 2.75) is 38.9 Å². The highest BCUT2D eigenvalue weighted by Crippen LogP contribution is 2.17. The van der Waals surface area contributed by atoms with Crippen LogP contribution in [0.1, 0.15) is 35.7 Å². The van der Waals surface area contributed by atoms with E-state index in [1.165, 1.54) is 0 Å². The standard InChI is InChI=1S/C22H25NO5/c1-15-5-3-6-18(13-15)23-21(24)16(2)28-22(25)17-8-10-19(11-9-17)27-14-20-7-4-12-26-20/h3,5-6,8-11,13,16,20H,4,7,12,14H2,1-2H3,(H,23,24)/t16-,20-/m0/s1. The van der Waals surface area contributed by atoms with Gasteiger partial charge in [-0.15, -0.1) is 0 Å². The van der Waals surface area contributed by atoms with E-state index in [4.69, 9.17) is 14.2 Å². The highest BCUT2D eigenvalue weighted by molar-refractivity contribution is 5.97. The van der Waals surface area contributed by atoms with E-state index in [1.54, 1.807) is 37.3 Å². The van der Waals surface area contributed by atoms with Gasteiger partial charge in [0, 0.05) is 12.3 Å². The zero-order valence-electron chi connectivity index (χ0n) is 16.1. The molecular formula is C22H25NO5. The first kappa shape index (κ1) is 19.9. The third kappa shape index (κ3) is 5.57. The lowest BCUT2D eigenvalue weighted by molar-refractivity contribution is -0.123. The molecule has 0 saturated carbocycles. The van der Waals surface area contributed by atoms with Crippen molar-refractivity contribution in [3.63, 3.8) is 0 Å². The number of rotatable bonds is 7. The van der Waals surface area contributed by atoms with E-state index in [0.717, 1.165) is 25.0 Å². The molecular weight excluding hydrogens is 358 g/mol. The summed E-state index contributed by atoms with van der Waals surface area (Å²) in [5.74, 6) is -0.273. The Morgan fingerprint density at radius 1 is 1.21 bits per heavy atom. The summed E-state index contributed by atoms with van der Waals surface area (Å²) < 4.78 is 16.5. The molecule has 1 saturated heterocycles. The predicted molar refractivity (Wildman–Crippen MR) is 106 cm³/mol. The number of ether oxygens (including phenoxy) is 3. The zero-order chi connectivity index (χ0) is 19.9. The van der Waals surface area contributed by atoms with E-state index in [9.17, 15) is 9.59 Å². The second kappa shape index (κ2) is 9.37. The van der Waals surface area contributed by atoms with Crippen LogP contribution in [0.4, 0.5) is 5.69 Å². The highest BCUT2D eigenvalue weighted by Gasteiger charge is 2.20. The number of aryl methyl sites for hydroxylation is 1. The number of benzene rings is 2. The molecule has 2 aromatic carbocycles. The molecule has 148 valence electrons. The van der Waals surface area contributed by atoms with Crippen LogP contribution < -0.4 is 10.1 Å². The van der Waals surface area contributed by atoms with Gasteiger partial charge in [-0.05, 0) is 68.7 Å². The number of amides is 1. The summed E-state index contributed by atoms with van der Waals surface area (Å²) in [5, 5.41) is 2.74. The van der Waals surface area contributed by atoms with Gasteiger partial charge in [0.1, 0.15) is 12.4 Å². The Morgan fingerprint density at radius 2 is 2.00 bits per heavy atom. The van der Waals surface area contributed by atoms with Crippen LogP contribution >= 0.6 is 0 Å². The predicted octanol–water partition coefficient (Wildman–Crippen LogP) is 3.74. The van der Waals surface area contributed by atoms with Crippen molar-refractivity contribution in [3.05, 3.63) is 59.7 Å². The van der Waals surface area contributed by atoms with Gasteiger partial charge in [-0.25, -0.2) is 4.79 Å². The fourth-order valence-corrected chi connectivity index (χ4v) is 2.90. The lowest BCUT2D eigenvalue weighted by Crippen LogP contribution is -2.30. The van der Waals surface area contributed by atoms with Crippen molar-refractivity contribution < 1.29 is 23.8 Å². The smallest absolute Gasteiger partial charge is 0.338 e. The summed E-state index contributed by atoms with van der Waals surface area (Å²) >= 11 is 0. The van der Waals surface area contributed by atoms with Crippen molar-refractivity contribution in [2.24, 2.45) is 0 Å². The highest BCUT2D eigenvalue weighted by atomic mass is 16.5. The molecule has 0 spiro atoms. The van der Waals surface area contributed by atoms with Gasteiger partial charge in [-0.3, -0.25) is 4.79 Å². The molecule has 2 aromatic rings. The summed E-state index contributed by atoms with van der Waals surface area (Å²) in [6.07, 6.45) is 1.29. The van der Waals surface area contributed by atoms with Gasteiger partial charge < -0.3 is 19.5 Å². The Kier molecular flexibility index (Phi) is 6.66. The minimum Gasteiger partial charge on any atom is -0.491 e. The third-order valence-corrected chi connectivity index (χ3v) is 4.49. The molecule has 0 unspecified atom stereocenters. The maximum atomic E-state index is 12.3. The average molecular weight is 383 g/mol. The largest absolute Gasteiger partial charge is 0.491 e. The van der Waals surface area contributed by atoms with Crippen LogP contribution in [0.25, 0.3) is 0 Å². The van der Waals surface area contributed by atoms with E-state index in [1.807, 2.05) is 25.1 Å². The van der Waals surface area contributed by atoms with Crippen LogP contribution in [0.15, 0.2) is 48.5 Å². The molecule has 0 aliphatic carbocycles. The van der Waals surface area contributed by atoms with Crippen molar-refractivity contribution >= 4 is 17.6 Å². The maximum absolute atomic E-state index is 12.3. The van der Waals surface area contributed by atoms with E-state index in [2.05, 4.69) is 5.32 Å². The topological polar surface area (TPSA) is 73.9 Å². The first-order chi connectivity index (χ1) is 13.5. The number of hydrogen-bond acceptors (Lipinski definition) is 5. The summed E-state index contributed by atoms with van der Waals surface area (Å²) in [5.41, 5.74) is 2.06. The van der Waals surface area contributed by atoms with Crippen molar-refractivity contribution in [1.82, 2.24) is 0 Å². The van der Waals surface area contributed by atoms with E-state index in [-0.39, 0.29) is 12.0 Å². The number of nitrogens with one attached hydrogen (secondary N) is 1. The molecule has 1 fully saturated rings. The second-order valence-corrected chi connectivity index (χ2v) is 6.88. The van der Waals surface area contributed by atoms with Crippen LogP contribution in [0.2, 0.25) is 0 Å². The van der Waals surface area contributed by atoms with Crippen LogP contribution in [-0.4, -0.2) is 37.3 Å². The SMILES string of the molecule is Cc1cccc(NC(=O)[C@H](C)OC(=O)c2ccc(OC[C@@H]3CCCO3)cc2)c1. The van der Waals surface area contributed by atoms with Crippen LogP contribution in [0.3, 0.4) is 0 Å². The Hall–Kier alpha value is -2.86. The molecule has 1 aliphatic rings. The van der Waals surface area contributed by atoms with Crippen LogP contribution in [-0.2, 0) is 14.3 Å². The third-order valence-electron chi connectivity index (χ3n) is 4.49. The average Bonchev–Trinajstić information content (AvgIpc) is 3.20. The zero-order valence-corrected chi connectivity index (χ0v) is 16.1. The Balaban J connectivity index is 1.49. The Labute approximate surface area is 164 Å². The van der Waals surface area contributed by atoms with Crippen molar-refractivity contribution in [3.8, 4) is 5.75 Å². The van der Waals surface area contributed by atoms with Gasteiger partial charge >= 0.3 is 5.97 Å². The number of anilines is 1. The molecule has 6 nitrogen and oxygen atoms in total. The lowest BCUT2D eigenvalue weighted by Gasteiger charge is -2.14. The molecule has 0 radical (unpaired) electrons. The molecule has 1 aliphatic heterocycles. The Bertz CT molecular complexity index is 812. The van der Waals surface area contributed by atoms with Gasteiger partial charge in [0.2, 0.25) is 0 Å². The van der Waals surface area contributed by atoms with Crippen molar-refractivity contribution in [1.29, 1.82) is 0 Å². The quantitative estimate of drug-likeness (QED) is 0.738. The monoisotopic (exact) mass is 383 g/mol. The molecule has 2 atom stereocenters. The van der Waals surface area contributed by atoms with E-state index < -0.39 is 12.1 Å². The second-order valence-electron chi connectivity index (χ2n) is 6.88. The van der Waals surface area contributed by atoms with Crippen molar-refractivity contribution in [2.75, 3.05) is 18.5 Å². The van der Waals surface area contributed by atoms with Gasteiger partial charge in [0.05, 0.1) is 11.7 Å². The van der Waals surface area contributed by atoms with Crippen LogP contribution in [0.5, 0.6) is 5.75 Å². The summed E-state index contributed by atoms with van der Waals surface area (Å²) in [6, 6.07) is 14.1. The Morgan fingerprint density at radius 3 is 2.68 bits per heavy atom. The number of hydrogen-bond donors (Lipinski definition) is 1. The summed E-state index contributed by atoms with van der Waals surface area (Å²) in [6.45, 7) is 4.77. The summed E-state index contributed by atoms with van der Waals surface area (Å²) in [4.78, 5) is 24.5. The lowest BCUT2D eigenvalue weighted by atomic mass is 10.2. The maximum Gasteiger partial charge on any atom is 0.338 e. The molecule has 28 heavy (non-hydrogen) atoms. The summed E-state index contributed by atoms with van der Waals surface area (Å²) in [7, 11) is 0. The number of carbonyl (C=O) groups excluding carboxylic acids is 2. The van der Waals surface area contributed by atoms with Crippen LogP contribution in [0, 0.1) is 6.92 Å². The molecule has 3 rings (SSSR count). The fourth-order valence-electron chi connectivity index (χ4n) is 2.90. The molecule has 1 N–H and O–H groups in total. The van der Waals surface area contributed by atoms with E-state index >= 15 is 0 Å². The molecule has 1 amide bonds. The number of esters is 1. The fraction of sp³-hybridized carbons (Fsp3) is 0.364. The minimum absolute atomic E-state index is 0.136.